The van der Waals surface area contributed by atoms with Crippen LogP contribution in [0.4, 0.5) is 19.0 Å². The summed E-state index contributed by atoms with van der Waals surface area (Å²) in [5, 5.41) is 16.6. The minimum Gasteiger partial charge on any atom is -0.387 e. The van der Waals surface area contributed by atoms with Gasteiger partial charge in [0.25, 0.3) is 0 Å². The van der Waals surface area contributed by atoms with Gasteiger partial charge in [0.2, 0.25) is 5.91 Å². The highest BCUT2D eigenvalue weighted by atomic mass is 32.1. The third kappa shape index (κ3) is 5.45. The Bertz CT molecular complexity index is 1190. The number of rotatable bonds is 7. The third-order valence-corrected chi connectivity index (χ3v) is 7.95. The standard InChI is InChI=1S/C24H27F3N6O2S/c25-24(26,27)15-3-6-19-18(7-15)23(31-12-30-19)29-9-21(34)32-16-10-33(11-16)17-4-1-14(2-5-17)22(35)20-8-28-13-36-20/h3,6-8,12-14,16-17,22,35H,1-2,4-5,9-11H2,(H,32,34)(H,29,30,31)/t14-,17-,22?. The summed E-state index contributed by atoms with van der Waals surface area (Å²) in [6.45, 7) is 1.44. The van der Waals surface area contributed by atoms with Crippen molar-refractivity contribution in [1.82, 2.24) is 25.2 Å². The van der Waals surface area contributed by atoms with Crippen molar-refractivity contribution < 1.29 is 23.1 Å². The second-order valence-corrected chi connectivity index (χ2v) is 10.4. The van der Waals surface area contributed by atoms with Gasteiger partial charge in [0.1, 0.15) is 12.1 Å². The molecule has 192 valence electrons. The average molecular weight is 521 g/mol. The second-order valence-electron chi connectivity index (χ2n) is 9.44. The quantitative estimate of drug-likeness (QED) is 0.437. The molecule has 3 N–H and O–H groups in total. The van der Waals surface area contributed by atoms with E-state index >= 15 is 0 Å². The maximum Gasteiger partial charge on any atom is 0.416 e. The van der Waals surface area contributed by atoms with Crippen LogP contribution in [0.2, 0.25) is 0 Å². The zero-order chi connectivity index (χ0) is 25.3. The number of fused-ring (bicyclic) bond motifs is 1. The third-order valence-electron chi connectivity index (χ3n) is 7.10. The van der Waals surface area contributed by atoms with Crippen LogP contribution in [0.25, 0.3) is 10.9 Å². The Kier molecular flexibility index (Phi) is 7.09. The molecule has 3 aromatic rings. The summed E-state index contributed by atoms with van der Waals surface area (Å²) in [4.78, 5) is 27.8. The van der Waals surface area contributed by atoms with E-state index in [-0.39, 0.29) is 35.6 Å². The molecule has 2 aromatic heterocycles. The SMILES string of the molecule is O=C(CNc1ncnc2ccc(C(F)(F)F)cc12)NC1CN([C@H]2CC[C@H](C(O)c3cncs3)CC2)C1. The molecule has 2 aliphatic rings. The molecule has 12 heteroatoms. The lowest BCUT2D eigenvalue weighted by atomic mass is 9.81. The van der Waals surface area contributed by atoms with Crippen LogP contribution < -0.4 is 10.6 Å². The number of benzene rings is 1. The number of halogens is 3. The lowest BCUT2D eigenvalue weighted by Crippen LogP contribution is -2.63. The molecule has 36 heavy (non-hydrogen) atoms. The van der Waals surface area contributed by atoms with Crippen molar-refractivity contribution in [3.05, 3.63) is 46.7 Å². The van der Waals surface area contributed by atoms with E-state index in [4.69, 9.17) is 0 Å². The van der Waals surface area contributed by atoms with E-state index in [1.807, 2.05) is 0 Å². The molecule has 5 rings (SSSR count). The Morgan fingerprint density at radius 3 is 2.67 bits per heavy atom. The first kappa shape index (κ1) is 24.8. The van der Waals surface area contributed by atoms with Gasteiger partial charge in [-0.3, -0.25) is 14.7 Å². The van der Waals surface area contributed by atoms with Crippen LogP contribution in [-0.2, 0) is 11.0 Å². The maximum atomic E-state index is 13.1. The number of aliphatic hydroxyl groups excluding tert-OH is 1. The molecule has 2 fully saturated rings. The molecule has 0 bridgehead atoms. The molecule has 1 unspecified atom stereocenters. The predicted molar refractivity (Wildman–Crippen MR) is 129 cm³/mol. The lowest BCUT2D eigenvalue weighted by Gasteiger charge is -2.47. The van der Waals surface area contributed by atoms with Crippen LogP contribution >= 0.6 is 11.3 Å². The van der Waals surface area contributed by atoms with Crippen LogP contribution in [0.5, 0.6) is 0 Å². The summed E-state index contributed by atoms with van der Waals surface area (Å²) in [5.41, 5.74) is 1.32. The Hall–Kier alpha value is -2.83. The van der Waals surface area contributed by atoms with Crippen LogP contribution in [0.1, 0.15) is 42.2 Å². The monoisotopic (exact) mass is 520 g/mol. The molecule has 1 aliphatic carbocycles. The summed E-state index contributed by atoms with van der Waals surface area (Å²) in [5.74, 6) is 0.207. The predicted octanol–water partition coefficient (Wildman–Crippen LogP) is 3.61. The number of carbonyl (C=O) groups is 1. The Morgan fingerprint density at radius 1 is 1.19 bits per heavy atom. The number of aliphatic hydroxyl groups is 1. The number of amides is 1. The number of nitrogens with zero attached hydrogens (tertiary/aromatic N) is 4. The first-order valence-electron chi connectivity index (χ1n) is 11.9. The number of nitrogens with one attached hydrogen (secondary N) is 2. The molecule has 1 amide bonds. The minimum atomic E-state index is -4.48. The van der Waals surface area contributed by atoms with Gasteiger partial charge in [0.15, 0.2) is 0 Å². The second kappa shape index (κ2) is 10.3. The first-order chi connectivity index (χ1) is 17.3. The molecule has 0 spiro atoms. The molecule has 0 radical (unpaired) electrons. The van der Waals surface area contributed by atoms with Crippen molar-refractivity contribution in [3.8, 4) is 0 Å². The molecule has 1 atom stereocenters. The fourth-order valence-corrected chi connectivity index (χ4v) is 5.80. The van der Waals surface area contributed by atoms with E-state index in [1.165, 1.54) is 23.7 Å². The molecule has 3 heterocycles. The van der Waals surface area contributed by atoms with Crippen LogP contribution in [0.15, 0.2) is 36.2 Å². The Morgan fingerprint density at radius 2 is 1.97 bits per heavy atom. The summed E-state index contributed by atoms with van der Waals surface area (Å²) in [6.07, 6.45) is 2.04. The summed E-state index contributed by atoms with van der Waals surface area (Å²) in [7, 11) is 0. The zero-order valence-corrected chi connectivity index (χ0v) is 20.2. The molecule has 1 saturated carbocycles. The van der Waals surface area contributed by atoms with Gasteiger partial charge in [-0.1, -0.05) is 0 Å². The summed E-state index contributed by atoms with van der Waals surface area (Å²) < 4.78 is 39.3. The summed E-state index contributed by atoms with van der Waals surface area (Å²) >= 11 is 1.49. The Labute approximate surface area is 210 Å². The number of thiazole rings is 1. The number of likely N-dealkylation sites (tertiary alicyclic amines) is 1. The highest BCUT2D eigenvalue weighted by Gasteiger charge is 2.37. The zero-order valence-electron chi connectivity index (χ0n) is 19.4. The highest BCUT2D eigenvalue weighted by Crippen LogP contribution is 2.38. The number of hydrogen-bond donors (Lipinski definition) is 3. The molecule has 1 aromatic carbocycles. The van der Waals surface area contributed by atoms with Gasteiger partial charge in [0, 0.05) is 30.7 Å². The van der Waals surface area contributed by atoms with Crippen LogP contribution in [-0.4, -0.2) is 62.6 Å². The highest BCUT2D eigenvalue weighted by molar-refractivity contribution is 7.09. The topological polar surface area (TPSA) is 103 Å². The molecule has 8 nitrogen and oxygen atoms in total. The molecular formula is C24H27F3N6O2S. The van der Waals surface area contributed by atoms with Crippen molar-refractivity contribution >= 4 is 34.0 Å². The summed E-state index contributed by atoms with van der Waals surface area (Å²) in [6, 6.07) is 3.76. The number of alkyl halides is 3. The molecule has 1 saturated heterocycles. The van der Waals surface area contributed by atoms with Crippen molar-refractivity contribution in [2.24, 2.45) is 5.92 Å². The van der Waals surface area contributed by atoms with Crippen molar-refractivity contribution in [1.29, 1.82) is 0 Å². The smallest absolute Gasteiger partial charge is 0.387 e. The van der Waals surface area contributed by atoms with Gasteiger partial charge in [0.05, 0.1) is 40.2 Å². The number of carbonyl (C=O) groups excluding carboxylic acids is 1. The van der Waals surface area contributed by atoms with E-state index in [0.29, 0.717) is 11.6 Å². The van der Waals surface area contributed by atoms with Crippen LogP contribution in [0, 0.1) is 5.92 Å². The molecular weight excluding hydrogens is 493 g/mol. The molecule has 1 aliphatic heterocycles. The van der Waals surface area contributed by atoms with Gasteiger partial charge < -0.3 is 15.7 Å². The van der Waals surface area contributed by atoms with Crippen molar-refractivity contribution in [3.63, 3.8) is 0 Å². The van der Waals surface area contributed by atoms with E-state index < -0.39 is 17.8 Å². The van der Waals surface area contributed by atoms with E-state index in [9.17, 15) is 23.1 Å². The fourth-order valence-electron chi connectivity index (χ4n) is 5.11. The van der Waals surface area contributed by atoms with E-state index in [1.54, 1.807) is 11.7 Å². The fraction of sp³-hybridized carbons (Fsp3) is 0.500. The first-order valence-corrected chi connectivity index (χ1v) is 12.8. The maximum absolute atomic E-state index is 13.1. The van der Waals surface area contributed by atoms with Crippen molar-refractivity contribution in [2.75, 3.05) is 25.0 Å². The van der Waals surface area contributed by atoms with Gasteiger partial charge >= 0.3 is 6.18 Å². The van der Waals surface area contributed by atoms with Gasteiger partial charge in [-0.15, -0.1) is 11.3 Å². The number of hydrogen-bond acceptors (Lipinski definition) is 8. The van der Waals surface area contributed by atoms with Crippen molar-refractivity contribution in [2.45, 2.75) is 50.0 Å². The average Bonchev–Trinajstić information content (AvgIpc) is 3.38. The van der Waals surface area contributed by atoms with E-state index in [2.05, 4.69) is 30.5 Å². The van der Waals surface area contributed by atoms with Gasteiger partial charge in [-0.05, 0) is 49.8 Å². The van der Waals surface area contributed by atoms with Crippen LogP contribution in [0.3, 0.4) is 0 Å². The normalized spacial score (nSPS) is 22.2. The largest absolute Gasteiger partial charge is 0.416 e. The van der Waals surface area contributed by atoms with Gasteiger partial charge in [-0.2, -0.15) is 13.2 Å². The lowest BCUT2D eigenvalue weighted by molar-refractivity contribution is -0.137. The Balaban J connectivity index is 1.07. The number of anilines is 1. The van der Waals surface area contributed by atoms with E-state index in [0.717, 1.165) is 55.8 Å². The van der Waals surface area contributed by atoms with Gasteiger partial charge in [-0.25, -0.2) is 9.97 Å². The number of aromatic nitrogens is 3. The minimum absolute atomic E-state index is 0.0405.